The molecule has 1 heteroatoms. The minimum atomic E-state index is -0.550. The Morgan fingerprint density at radius 3 is 2.53 bits per heavy atom. The van der Waals surface area contributed by atoms with Crippen molar-refractivity contribution in [3.63, 3.8) is 0 Å². The predicted molar refractivity (Wildman–Crippen MR) is 65.8 cm³/mol. The van der Waals surface area contributed by atoms with E-state index in [9.17, 15) is 5.11 Å². The van der Waals surface area contributed by atoms with Crippen molar-refractivity contribution in [2.45, 2.75) is 64.4 Å². The van der Waals surface area contributed by atoms with Crippen LogP contribution in [-0.4, -0.2) is 10.7 Å². The van der Waals surface area contributed by atoms with Crippen LogP contribution in [0.5, 0.6) is 0 Å². The third kappa shape index (κ3) is 4.21. The first-order chi connectivity index (χ1) is 7.20. The van der Waals surface area contributed by atoms with E-state index in [1.165, 1.54) is 18.4 Å². The zero-order chi connectivity index (χ0) is 11.1. The molecule has 0 aromatic rings. The summed E-state index contributed by atoms with van der Waals surface area (Å²) in [5.41, 5.74) is 0.851. The van der Waals surface area contributed by atoms with Crippen molar-refractivity contribution >= 4 is 0 Å². The highest BCUT2D eigenvalue weighted by Crippen LogP contribution is 2.27. The zero-order valence-corrected chi connectivity index (χ0v) is 10.1. The summed E-state index contributed by atoms with van der Waals surface area (Å²) in [4.78, 5) is 0. The minimum Gasteiger partial charge on any atom is -0.385 e. The molecule has 0 saturated carbocycles. The zero-order valence-electron chi connectivity index (χ0n) is 10.1. The van der Waals surface area contributed by atoms with E-state index in [-0.39, 0.29) is 0 Å². The lowest BCUT2D eigenvalue weighted by Gasteiger charge is -2.26. The van der Waals surface area contributed by atoms with Gasteiger partial charge in [0.25, 0.3) is 0 Å². The molecule has 1 rings (SSSR count). The van der Waals surface area contributed by atoms with Crippen LogP contribution in [-0.2, 0) is 0 Å². The first-order valence-corrected chi connectivity index (χ1v) is 6.31. The first-order valence-electron chi connectivity index (χ1n) is 6.31. The van der Waals surface area contributed by atoms with Gasteiger partial charge >= 0.3 is 0 Å². The molecule has 0 aromatic carbocycles. The molecule has 0 amide bonds. The standard InChI is InChI=1S/C14H24O/c1-3-5-7-13-8-11-14(15,12-9-13)10-6-4-2/h8-9,11,15H,3-7,10,12H2,1-2H3. The van der Waals surface area contributed by atoms with Crippen LogP contribution >= 0.6 is 0 Å². The molecule has 0 bridgehead atoms. The van der Waals surface area contributed by atoms with Gasteiger partial charge in [0, 0.05) is 0 Å². The molecular weight excluding hydrogens is 184 g/mol. The Hall–Kier alpha value is -0.560. The quantitative estimate of drug-likeness (QED) is 0.700. The minimum absolute atomic E-state index is 0.550. The Kier molecular flexibility index (Phi) is 5.10. The molecule has 1 aliphatic carbocycles. The van der Waals surface area contributed by atoms with E-state index >= 15 is 0 Å². The summed E-state index contributed by atoms with van der Waals surface area (Å²) < 4.78 is 0. The smallest absolute Gasteiger partial charge is 0.0865 e. The molecule has 1 unspecified atom stereocenters. The van der Waals surface area contributed by atoms with Crippen molar-refractivity contribution < 1.29 is 5.11 Å². The van der Waals surface area contributed by atoms with Gasteiger partial charge in [0.05, 0.1) is 5.60 Å². The van der Waals surface area contributed by atoms with Crippen LogP contribution in [0.1, 0.15) is 58.8 Å². The van der Waals surface area contributed by atoms with E-state index in [4.69, 9.17) is 0 Å². The SMILES string of the molecule is CCCCC1=CCC(O)(CCCC)C=C1. The fraction of sp³-hybridized carbons (Fsp3) is 0.714. The Morgan fingerprint density at radius 1 is 1.27 bits per heavy atom. The summed E-state index contributed by atoms with van der Waals surface area (Å²) in [5.74, 6) is 0. The maximum atomic E-state index is 10.2. The molecule has 15 heavy (non-hydrogen) atoms. The molecular formula is C14H24O. The second kappa shape index (κ2) is 6.12. The number of rotatable bonds is 6. The van der Waals surface area contributed by atoms with E-state index in [2.05, 4.69) is 26.0 Å². The van der Waals surface area contributed by atoms with Crippen molar-refractivity contribution in [2.24, 2.45) is 0 Å². The molecule has 0 fully saturated rings. The van der Waals surface area contributed by atoms with Gasteiger partial charge in [0.2, 0.25) is 0 Å². The van der Waals surface area contributed by atoms with E-state index in [0.717, 1.165) is 32.1 Å². The van der Waals surface area contributed by atoms with Gasteiger partial charge in [0.1, 0.15) is 0 Å². The number of hydrogen-bond donors (Lipinski definition) is 1. The topological polar surface area (TPSA) is 20.2 Å². The Bertz CT molecular complexity index is 240. The van der Waals surface area contributed by atoms with Crippen LogP contribution in [0, 0.1) is 0 Å². The number of unbranched alkanes of at least 4 members (excludes halogenated alkanes) is 2. The highest BCUT2D eigenvalue weighted by atomic mass is 16.3. The van der Waals surface area contributed by atoms with Crippen LogP contribution in [0.25, 0.3) is 0 Å². The summed E-state index contributed by atoms with van der Waals surface area (Å²) in [6.07, 6.45) is 14.0. The van der Waals surface area contributed by atoms with E-state index in [1.54, 1.807) is 0 Å². The highest BCUT2D eigenvalue weighted by molar-refractivity contribution is 5.27. The molecule has 0 saturated heterocycles. The van der Waals surface area contributed by atoms with Crippen molar-refractivity contribution in [1.82, 2.24) is 0 Å². The van der Waals surface area contributed by atoms with Crippen LogP contribution in [0.2, 0.25) is 0 Å². The summed E-state index contributed by atoms with van der Waals surface area (Å²) >= 11 is 0. The van der Waals surface area contributed by atoms with Crippen LogP contribution in [0.15, 0.2) is 23.8 Å². The van der Waals surface area contributed by atoms with Gasteiger partial charge in [-0.05, 0) is 25.7 Å². The predicted octanol–water partition coefficient (Wildman–Crippen LogP) is 3.98. The van der Waals surface area contributed by atoms with E-state index in [0.29, 0.717) is 0 Å². The molecule has 0 spiro atoms. The van der Waals surface area contributed by atoms with Gasteiger partial charge in [-0.1, -0.05) is 56.9 Å². The second-order valence-electron chi connectivity index (χ2n) is 4.63. The van der Waals surface area contributed by atoms with Crippen LogP contribution in [0.3, 0.4) is 0 Å². The molecule has 1 aliphatic rings. The molecule has 1 atom stereocenters. The van der Waals surface area contributed by atoms with Gasteiger partial charge in [-0.25, -0.2) is 0 Å². The fourth-order valence-corrected chi connectivity index (χ4v) is 1.94. The Balaban J connectivity index is 2.39. The van der Waals surface area contributed by atoms with Crippen LogP contribution < -0.4 is 0 Å². The molecule has 1 N–H and O–H groups in total. The average molecular weight is 208 g/mol. The molecule has 0 aromatic heterocycles. The second-order valence-corrected chi connectivity index (χ2v) is 4.63. The molecule has 0 aliphatic heterocycles. The highest BCUT2D eigenvalue weighted by Gasteiger charge is 2.23. The van der Waals surface area contributed by atoms with Gasteiger partial charge in [-0.15, -0.1) is 0 Å². The molecule has 1 nitrogen and oxygen atoms in total. The lowest BCUT2D eigenvalue weighted by atomic mass is 9.86. The van der Waals surface area contributed by atoms with Gasteiger partial charge in [0.15, 0.2) is 0 Å². The lowest BCUT2D eigenvalue weighted by Crippen LogP contribution is -2.26. The average Bonchev–Trinajstić information content (AvgIpc) is 2.26. The van der Waals surface area contributed by atoms with E-state index in [1.807, 2.05) is 6.08 Å². The Morgan fingerprint density at radius 2 is 2.00 bits per heavy atom. The number of allylic oxidation sites excluding steroid dienone is 2. The number of aliphatic hydroxyl groups is 1. The lowest BCUT2D eigenvalue weighted by molar-refractivity contribution is 0.0804. The summed E-state index contributed by atoms with van der Waals surface area (Å²) in [7, 11) is 0. The van der Waals surface area contributed by atoms with Gasteiger partial charge < -0.3 is 5.11 Å². The van der Waals surface area contributed by atoms with Crippen LogP contribution in [0.4, 0.5) is 0 Å². The van der Waals surface area contributed by atoms with Gasteiger partial charge in [-0.3, -0.25) is 0 Å². The van der Waals surface area contributed by atoms with Crippen molar-refractivity contribution in [3.8, 4) is 0 Å². The largest absolute Gasteiger partial charge is 0.385 e. The molecule has 0 heterocycles. The number of hydrogen-bond acceptors (Lipinski definition) is 1. The van der Waals surface area contributed by atoms with Crippen molar-refractivity contribution in [2.75, 3.05) is 0 Å². The Labute approximate surface area is 93.9 Å². The third-order valence-corrected chi connectivity index (χ3v) is 3.11. The van der Waals surface area contributed by atoms with Gasteiger partial charge in [-0.2, -0.15) is 0 Å². The summed E-state index contributed by atoms with van der Waals surface area (Å²) in [6, 6.07) is 0. The third-order valence-electron chi connectivity index (χ3n) is 3.11. The fourth-order valence-electron chi connectivity index (χ4n) is 1.94. The van der Waals surface area contributed by atoms with E-state index < -0.39 is 5.60 Å². The maximum absolute atomic E-state index is 10.2. The monoisotopic (exact) mass is 208 g/mol. The summed E-state index contributed by atoms with van der Waals surface area (Å²) in [5, 5.41) is 10.2. The first kappa shape index (κ1) is 12.5. The maximum Gasteiger partial charge on any atom is 0.0865 e. The molecule has 86 valence electrons. The normalized spacial score (nSPS) is 25.4. The summed E-state index contributed by atoms with van der Waals surface area (Å²) in [6.45, 7) is 4.38. The van der Waals surface area contributed by atoms with Crippen molar-refractivity contribution in [3.05, 3.63) is 23.8 Å². The van der Waals surface area contributed by atoms with Crippen molar-refractivity contribution in [1.29, 1.82) is 0 Å². The molecule has 0 radical (unpaired) electrons.